The van der Waals surface area contributed by atoms with Gasteiger partial charge in [-0.15, -0.1) is 10.2 Å². The van der Waals surface area contributed by atoms with E-state index in [2.05, 4.69) is 34.3 Å². The van der Waals surface area contributed by atoms with Crippen LogP contribution in [0.4, 0.5) is 5.82 Å². The zero-order valence-electron chi connectivity index (χ0n) is 9.84. The van der Waals surface area contributed by atoms with Crippen LogP contribution in [0.5, 0.6) is 0 Å². The van der Waals surface area contributed by atoms with Crippen molar-refractivity contribution in [3.05, 3.63) is 5.69 Å². The standard InChI is InChI=1S/C10H14N6O/c1-6(2)5-16-8-7(12-14-13-8)9(17)15-4-3-11-10(15)16/h6H,3-5H2,1-2H3,(H,12,13,14). The number of hydrogen-bond donors (Lipinski definition) is 1. The maximum Gasteiger partial charge on any atom is 0.285 e. The van der Waals surface area contributed by atoms with E-state index in [1.165, 1.54) is 0 Å². The second kappa shape index (κ2) is 3.54. The number of nitrogens with zero attached hydrogens (tertiary/aromatic N) is 5. The van der Waals surface area contributed by atoms with Gasteiger partial charge in [-0.05, 0) is 5.92 Å². The van der Waals surface area contributed by atoms with Gasteiger partial charge >= 0.3 is 0 Å². The zero-order valence-corrected chi connectivity index (χ0v) is 9.84. The van der Waals surface area contributed by atoms with Crippen molar-refractivity contribution >= 4 is 17.7 Å². The molecule has 0 unspecified atom stereocenters. The van der Waals surface area contributed by atoms with Crippen molar-refractivity contribution in [2.45, 2.75) is 13.8 Å². The molecule has 1 aromatic heterocycles. The van der Waals surface area contributed by atoms with Crippen LogP contribution in [0.1, 0.15) is 24.3 Å². The fourth-order valence-corrected chi connectivity index (χ4v) is 2.17. The van der Waals surface area contributed by atoms with Crippen LogP contribution >= 0.6 is 0 Å². The summed E-state index contributed by atoms with van der Waals surface area (Å²) < 4.78 is 0. The topological polar surface area (TPSA) is 77.5 Å². The monoisotopic (exact) mass is 234 g/mol. The van der Waals surface area contributed by atoms with Crippen LogP contribution in [-0.2, 0) is 0 Å². The van der Waals surface area contributed by atoms with Gasteiger partial charge in [0.25, 0.3) is 5.91 Å². The van der Waals surface area contributed by atoms with E-state index < -0.39 is 0 Å². The maximum atomic E-state index is 12.1. The molecule has 0 saturated heterocycles. The SMILES string of the molecule is CC(C)CN1C2=NCCN2C(=O)c2n[nH]nc21. The summed E-state index contributed by atoms with van der Waals surface area (Å²) in [5.41, 5.74) is 0.395. The molecule has 1 aromatic rings. The van der Waals surface area contributed by atoms with E-state index >= 15 is 0 Å². The average molecular weight is 234 g/mol. The lowest BCUT2D eigenvalue weighted by molar-refractivity contribution is 0.0845. The summed E-state index contributed by atoms with van der Waals surface area (Å²) in [6, 6.07) is 0. The van der Waals surface area contributed by atoms with Gasteiger partial charge in [-0.1, -0.05) is 13.8 Å². The first kappa shape index (κ1) is 10.2. The number of aromatic nitrogens is 3. The van der Waals surface area contributed by atoms with Crippen LogP contribution in [0, 0.1) is 5.92 Å². The number of hydrogen-bond acceptors (Lipinski definition) is 5. The quantitative estimate of drug-likeness (QED) is 0.786. The number of amides is 1. The Morgan fingerprint density at radius 3 is 3.00 bits per heavy atom. The highest BCUT2D eigenvalue weighted by Crippen LogP contribution is 2.27. The Balaban J connectivity index is 2.07. The van der Waals surface area contributed by atoms with Crippen molar-refractivity contribution in [1.82, 2.24) is 20.3 Å². The highest BCUT2D eigenvalue weighted by Gasteiger charge is 2.40. The van der Waals surface area contributed by atoms with Crippen LogP contribution < -0.4 is 4.90 Å². The van der Waals surface area contributed by atoms with Crippen LogP contribution in [0.2, 0.25) is 0 Å². The highest BCUT2D eigenvalue weighted by molar-refractivity contribution is 6.17. The molecule has 2 aliphatic heterocycles. The fourth-order valence-electron chi connectivity index (χ4n) is 2.17. The molecule has 0 aliphatic carbocycles. The minimum absolute atomic E-state index is 0.106. The number of carbonyl (C=O) groups excluding carboxylic acids is 1. The fraction of sp³-hybridized carbons (Fsp3) is 0.600. The number of anilines is 1. The van der Waals surface area contributed by atoms with Crippen LogP contribution in [-0.4, -0.2) is 51.8 Å². The molecule has 3 rings (SSSR count). The predicted molar refractivity (Wildman–Crippen MR) is 61.9 cm³/mol. The van der Waals surface area contributed by atoms with Gasteiger partial charge in [0.1, 0.15) is 0 Å². The molecule has 0 fully saturated rings. The van der Waals surface area contributed by atoms with Gasteiger partial charge in [0.05, 0.1) is 6.54 Å². The Morgan fingerprint density at radius 1 is 1.41 bits per heavy atom. The highest BCUT2D eigenvalue weighted by atomic mass is 16.2. The lowest BCUT2D eigenvalue weighted by Crippen LogP contribution is -2.51. The van der Waals surface area contributed by atoms with Crippen molar-refractivity contribution in [2.24, 2.45) is 10.9 Å². The van der Waals surface area contributed by atoms with E-state index in [1.54, 1.807) is 4.90 Å². The molecule has 3 heterocycles. The number of carbonyl (C=O) groups is 1. The Labute approximate surface area is 98.5 Å². The van der Waals surface area contributed by atoms with Gasteiger partial charge in [-0.3, -0.25) is 19.6 Å². The first-order chi connectivity index (χ1) is 8.18. The second-order valence-corrected chi connectivity index (χ2v) is 4.64. The van der Waals surface area contributed by atoms with Crippen molar-refractivity contribution in [3.8, 4) is 0 Å². The molecule has 0 atom stereocenters. The largest absolute Gasteiger partial charge is 0.293 e. The molecule has 0 aromatic carbocycles. The average Bonchev–Trinajstić information content (AvgIpc) is 2.92. The van der Waals surface area contributed by atoms with Crippen molar-refractivity contribution in [2.75, 3.05) is 24.5 Å². The van der Waals surface area contributed by atoms with E-state index in [-0.39, 0.29) is 5.91 Å². The second-order valence-electron chi connectivity index (χ2n) is 4.64. The smallest absolute Gasteiger partial charge is 0.285 e. The molecule has 2 aliphatic rings. The van der Waals surface area contributed by atoms with Gasteiger partial charge in [0, 0.05) is 13.1 Å². The molecule has 0 bridgehead atoms. The number of rotatable bonds is 2. The third-order valence-corrected chi connectivity index (χ3v) is 2.84. The Hall–Kier alpha value is -1.92. The van der Waals surface area contributed by atoms with E-state index in [0.29, 0.717) is 36.5 Å². The number of aromatic amines is 1. The van der Waals surface area contributed by atoms with E-state index in [4.69, 9.17) is 0 Å². The molecule has 0 spiro atoms. The lowest BCUT2D eigenvalue weighted by atomic mass is 10.2. The summed E-state index contributed by atoms with van der Waals surface area (Å²) >= 11 is 0. The number of aliphatic imine (C=N–C) groups is 1. The Morgan fingerprint density at radius 2 is 2.24 bits per heavy atom. The van der Waals surface area contributed by atoms with Gasteiger partial charge in [-0.2, -0.15) is 5.21 Å². The molecule has 0 saturated carbocycles. The number of nitrogens with one attached hydrogen (secondary N) is 1. The van der Waals surface area contributed by atoms with Crippen LogP contribution in [0.15, 0.2) is 4.99 Å². The summed E-state index contributed by atoms with van der Waals surface area (Å²) in [6.07, 6.45) is 0. The first-order valence-electron chi connectivity index (χ1n) is 5.73. The first-order valence-corrected chi connectivity index (χ1v) is 5.73. The van der Waals surface area contributed by atoms with Gasteiger partial charge < -0.3 is 0 Å². The van der Waals surface area contributed by atoms with Crippen LogP contribution in [0.25, 0.3) is 0 Å². The molecule has 7 heteroatoms. The van der Waals surface area contributed by atoms with Crippen LogP contribution in [0.3, 0.4) is 0 Å². The summed E-state index contributed by atoms with van der Waals surface area (Å²) in [5.74, 6) is 1.66. The number of guanidine groups is 1. The molecular weight excluding hydrogens is 220 g/mol. The minimum atomic E-state index is -0.106. The summed E-state index contributed by atoms with van der Waals surface area (Å²) in [7, 11) is 0. The van der Waals surface area contributed by atoms with Gasteiger partial charge in [-0.25, -0.2) is 0 Å². The number of fused-ring (bicyclic) bond motifs is 2. The minimum Gasteiger partial charge on any atom is -0.293 e. The van der Waals surface area contributed by atoms with Gasteiger partial charge in [0.2, 0.25) is 5.96 Å². The summed E-state index contributed by atoms with van der Waals surface area (Å²) in [4.78, 5) is 20.1. The summed E-state index contributed by atoms with van der Waals surface area (Å²) in [5, 5.41) is 10.5. The molecule has 90 valence electrons. The third-order valence-electron chi connectivity index (χ3n) is 2.84. The molecule has 7 nitrogen and oxygen atoms in total. The van der Waals surface area contributed by atoms with Crippen molar-refractivity contribution < 1.29 is 4.79 Å². The predicted octanol–water partition coefficient (Wildman–Crippen LogP) is 0.0925. The Kier molecular flexibility index (Phi) is 2.13. The van der Waals surface area contributed by atoms with E-state index in [0.717, 1.165) is 6.54 Å². The maximum absolute atomic E-state index is 12.1. The molecule has 0 radical (unpaired) electrons. The van der Waals surface area contributed by atoms with E-state index in [1.807, 2.05) is 4.90 Å². The van der Waals surface area contributed by atoms with E-state index in [9.17, 15) is 4.79 Å². The van der Waals surface area contributed by atoms with Gasteiger partial charge in [0.15, 0.2) is 11.5 Å². The molecule has 1 amide bonds. The Bertz CT molecular complexity index is 491. The summed E-state index contributed by atoms with van der Waals surface area (Å²) in [6.45, 7) is 6.31. The normalized spacial score (nSPS) is 18.5. The zero-order chi connectivity index (χ0) is 12.0. The molecule has 17 heavy (non-hydrogen) atoms. The van der Waals surface area contributed by atoms with Crippen molar-refractivity contribution in [3.63, 3.8) is 0 Å². The lowest BCUT2D eigenvalue weighted by Gasteiger charge is -2.33. The number of H-pyrrole nitrogens is 1. The third kappa shape index (κ3) is 1.42. The van der Waals surface area contributed by atoms with Crippen molar-refractivity contribution in [1.29, 1.82) is 0 Å². The molecular formula is C10H14N6O. The molecule has 1 N–H and O–H groups in total.